The van der Waals surface area contributed by atoms with Gasteiger partial charge in [-0.1, -0.05) is 27.5 Å². The van der Waals surface area contributed by atoms with Crippen molar-refractivity contribution in [2.24, 2.45) is 0 Å². The molecule has 0 aliphatic heterocycles. The second-order valence-corrected chi connectivity index (χ2v) is 4.47. The van der Waals surface area contributed by atoms with Crippen molar-refractivity contribution in [2.45, 2.75) is 6.92 Å². The van der Waals surface area contributed by atoms with Crippen LogP contribution in [0.3, 0.4) is 0 Å². The lowest BCUT2D eigenvalue weighted by Crippen LogP contribution is -1.92. The van der Waals surface area contributed by atoms with Gasteiger partial charge >= 0.3 is 0 Å². The van der Waals surface area contributed by atoms with E-state index < -0.39 is 0 Å². The van der Waals surface area contributed by atoms with Crippen molar-refractivity contribution in [3.05, 3.63) is 33.3 Å². The number of aryl methyl sites for hydroxylation is 1. The summed E-state index contributed by atoms with van der Waals surface area (Å²) in [6.45, 7) is 2.00. The van der Waals surface area contributed by atoms with Crippen LogP contribution in [0, 0.1) is 6.92 Å². The normalized spacial score (nSPS) is 10.8. The predicted octanol–water partition coefficient (Wildman–Crippen LogP) is 3.54. The molecule has 0 fully saturated rings. The number of hydrogen-bond acceptors (Lipinski definition) is 2. The summed E-state index contributed by atoms with van der Waals surface area (Å²) in [4.78, 5) is 4.22. The van der Waals surface area contributed by atoms with Crippen LogP contribution in [0.1, 0.15) is 5.56 Å². The van der Waals surface area contributed by atoms with Gasteiger partial charge in [0.1, 0.15) is 5.82 Å². The summed E-state index contributed by atoms with van der Waals surface area (Å²) in [5, 5.41) is 1.61. The Hall–Kier alpha value is -0.800. The van der Waals surface area contributed by atoms with E-state index in [0.29, 0.717) is 10.8 Å². The second kappa shape index (κ2) is 3.41. The Morgan fingerprint density at radius 1 is 1.36 bits per heavy atom. The molecule has 1 aromatic heterocycles. The van der Waals surface area contributed by atoms with Crippen molar-refractivity contribution in [1.82, 2.24) is 4.98 Å². The van der Waals surface area contributed by atoms with Crippen molar-refractivity contribution >= 4 is 44.3 Å². The molecule has 0 amide bonds. The van der Waals surface area contributed by atoms with E-state index in [1.54, 1.807) is 6.07 Å². The molecule has 0 saturated carbocycles. The first-order valence-corrected chi connectivity index (χ1v) is 5.27. The van der Waals surface area contributed by atoms with Crippen LogP contribution < -0.4 is 5.73 Å². The monoisotopic (exact) mass is 270 g/mol. The smallest absolute Gasteiger partial charge is 0.125 e. The van der Waals surface area contributed by atoms with Crippen molar-refractivity contribution in [3.63, 3.8) is 0 Å². The van der Waals surface area contributed by atoms with Crippen LogP contribution in [0.2, 0.25) is 5.02 Å². The van der Waals surface area contributed by atoms with Crippen molar-refractivity contribution in [1.29, 1.82) is 0 Å². The molecule has 72 valence electrons. The lowest BCUT2D eigenvalue weighted by molar-refractivity contribution is 1.39. The van der Waals surface area contributed by atoms with E-state index in [-0.39, 0.29) is 0 Å². The second-order valence-electron chi connectivity index (χ2n) is 3.15. The highest BCUT2D eigenvalue weighted by Gasteiger charge is 2.06. The third-order valence-corrected chi connectivity index (χ3v) is 2.80. The zero-order valence-electron chi connectivity index (χ0n) is 7.51. The zero-order valence-corrected chi connectivity index (χ0v) is 9.85. The molecule has 2 N–H and O–H groups in total. The summed E-state index contributed by atoms with van der Waals surface area (Å²) in [6.07, 6.45) is 0. The Morgan fingerprint density at radius 2 is 2.07 bits per heavy atom. The SMILES string of the molecule is Cc1cc(Br)cc2nc(N)cc(Cl)c12. The van der Waals surface area contributed by atoms with Crippen LogP contribution in [0.15, 0.2) is 22.7 Å². The predicted molar refractivity (Wildman–Crippen MR) is 63.6 cm³/mol. The standard InChI is InChI=1S/C10H8BrClN2/c1-5-2-6(11)3-8-10(5)7(12)4-9(13)14-8/h2-4H,1H3,(H2,13,14). The van der Waals surface area contributed by atoms with Gasteiger partial charge < -0.3 is 5.73 Å². The summed E-state index contributed by atoms with van der Waals surface area (Å²) in [6, 6.07) is 5.58. The first-order chi connectivity index (χ1) is 6.58. The number of nitrogen functional groups attached to an aromatic ring is 1. The zero-order chi connectivity index (χ0) is 10.3. The van der Waals surface area contributed by atoms with Crippen LogP contribution in [0.25, 0.3) is 10.9 Å². The molecule has 0 aliphatic carbocycles. The van der Waals surface area contributed by atoms with Gasteiger partial charge in [-0.25, -0.2) is 4.98 Å². The molecule has 1 heterocycles. The van der Waals surface area contributed by atoms with Crippen LogP contribution in [0.5, 0.6) is 0 Å². The first kappa shape index (κ1) is 9.74. The maximum absolute atomic E-state index is 6.08. The van der Waals surface area contributed by atoms with Gasteiger partial charge in [-0.2, -0.15) is 0 Å². The number of benzene rings is 1. The third-order valence-electron chi connectivity index (χ3n) is 2.04. The highest BCUT2D eigenvalue weighted by atomic mass is 79.9. The van der Waals surface area contributed by atoms with Gasteiger partial charge in [0, 0.05) is 9.86 Å². The minimum atomic E-state index is 0.444. The fourth-order valence-corrected chi connectivity index (χ4v) is 2.42. The summed E-state index contributed by atoms with van der Waals surface area (Å²) in [5.74, 6) is 0.444. The van der Waals surface area contributed by atoms with E-state index in [0.717, 1.165) is 20.9 Å². The minimum Gasteiger partial charge on any atom is -0.384 e. The van der Waals surface area contributed by atoms with E-state index in [2.05, 4.69) is 20.9 Å². The third kappa shape index (κ3) is 1.57. The summed E-state index contributed by atoms with van der Waals surface area (Å²) in [5.41, 5.74) is 7.52. The maximum Gasteiger partial charge on any atom is 0.125 e. The molecular weight excluding hydrogens is 263 g/mol. The molecule has 0 spiro atoms. The Bertz CT molecular complexity index is 468. The Kier molecular flexibility index (Phi) is 2.37. The van der Waals surface area contributed by atoms with Gasteiger partial charge in [0.2, 0.25) is 0 Å². The van der Waals surface area contributed by atoms with E-state index in [4.69, 9.17) is 17.3 Å². The van der Waals surface area contributed by atoms with Gasteiger partial charge in [-0.15, -0.1) is 0 Å². The van der Waals surface area contributed by atoms with Crippen molar-refractivity contribution < 1.29 is 0 Å². The molecular formula is C10H8BrClN2. The van der Waals surface area contributed by atoms with Crippen LogP contribution in [0.4, 0.5) is 5.82 Å². The van der Waals surface area contributed by atoms with Crippen LogP contribution >= 0.6 is 27.5 Å². The highest BCUT2D eigenvalue weighted by molar-refractivity contribution is 9.10. The Morgan fingerprint density at radius 3 is 2.79 bits per heavy atom. The number of rotatable bonds is 0. The highest BCUT2D eigenvalue weighted by Crippen LogP contribution is 2.29. The fourth-order valence-electron chi connectivity index (χ4n) is 1.50. The largest absolute Gasteiger partial charge is 0.384 e. The number of pyridine rings is 1. The molecule has 4 heteroatoms. The average Bonchev–Trinajstić information content (AvgIpc) is 1.99. The lowest BCUT2D eigenvalue weighted by Gasteiger charge is -2.05. The number of aromatic nitrogens is 1. The summed E-state index contributed by atoms with van der Waals surface area (Å²) < 4.78 is 0.983. The molecule has 2 aromatic rings. The Labute approximate surface area is 95.2 Å². The van der Waals surface area contributed by atoms with Crippen LogP contribution in [-0.2, 0) is 0 Å². The number of hydrogen-bond donors (Lipinski definition) is 1. The summed E-state index contributed by atoms with van der Waals surface area (Å²) in [7, 11) is 0. The maximum atomic E-state index is 6.08. The van der Waals surface area contributed by atoms with E-state index in [1.807, 2.05) is 19.1 Å². The van der Waals surface area contributed by atoms with Gasteiger partial charge in [0.15, 0.2) is 0 Å². The molecule has 1 aromatic carbocycles. The van der Waals surface area contributed by atoms with Gasteiger partial charge in [-0.05, 0) is 30.7 Å². The number of halogens is 2. The molecule has 0 radical (unpaired) electrons. The topological polar surface area (TPSA) is 38.9 Å². The summed E-state index contributed by atoms with van der Waals surface area (Å²) >= 11 is 9.49. The Balaban J connectivity index is 2.94. The van der Waals surface area contributed by atoms with Gasteiger partial charge in [0.05, 0.1) is 10.5 Å². The van der Waals surface area contributed by atoms with Crippen molar-refractivity contribution in [2.75, 3.05) is 5.73 Å². The van der Waals surface area contributed by atoms with E-state index in [9.17, 15) is 0 Å². The van der Waals surface area contributed by atoms with E-state index in [1.165, 1.54) is 0 Å². The van der Waals surface area contributed by atoms with Crippen molar-refractivity contribution in [3.8, 4) is 0 Å². The quantitative estimate of drug-likeness (QED) is 0.796. The average molecular weight is 272 g/mol. The number of fused-ring (bicyclic) bond motifs is 1. The molecule has 14 heavy (non-hydrogen) atoms. The molecule has 0 atom stereocenters. The van der Waals surface area contributed by atoms with Gasteiger partial charge in [0.25, 0.3) is 0 Å². The molecule has 2 nitrogen and oxygen atoms in total. The molecule has 0 aliphatic rings. The number of anilines is 1. The minimum absolute atomic E-state index is 0.444. The lowest BCUT2D eigenvalue weighted by atomic mass is 10.1. The fraction of sp³-hybridized carbons (Fsp3) is 0.100. The van der Waals surface area contributed by atoms with E-state index >= 15 is 0 Å². The number of nitrogens with zero attached hydrogens (tertiary/aromatic N) is 1. The van der Waals surface area contributed by atoms with Crippen LogP contribution in [-0.4, -0.2) is 4.98 Å². The van der Waals surface area contributed by atoms with Gasteiger partial charge in [-0.3, -0.25) is 0 Å². The molecule has 0 saturated heterocycles. The molecule has 2 rings (SSSR count). The molecule has 0 bridgehead atoms. The first-order valence-electron chi connectivity index (χ1n) is 4.10. The number of nitrogens with two attached hydrogens (primary N) is 1. The molecule has 0 unspecified atom stereocenters.